The van der Waals surface area contributed by atoms with Crippen molar-refractivity contribution in [2.45, 2.75) is 31.8 Å². The van der Waals surface area contributed by atoms with Crippen LogP contribution in [0.2, 0.25) is 0 Å². The van der Waals surface area contributed by atoms with Gasteiger partial charge in [-0.25, -0.2) is 4.39 Å². The summed E-state index contributed by atoms with van der Waals surface area (Å²) in [6.07, 6.45) is 1.52. The summed E-state index contributed by atoms with van der Waals surface area (Å²) in [7, 11) is 0. The van der Waals surface area contributed by atoms with Crippen molar-refractivity contribution in [3.63, 3.8) is 0 Å². The summed E-state index contributed by atoms with van der Waals surface area (Å²) in [5, 5.41) is 12.9. The molecule has 21 heavy (non-hydrogen) atoms. The van der Waals surface area contributed by atoms with Gasteiger partial charge >= 0.3 is 0 Å². The van der Waals surface area contributed by atoms with E-state index >= 15 is 0 Å². The van der Waals surface area contributed by atoms with Gasteiger partial charge in [-0.3, -0.25) is 0 Å². The third-order valence-corrected chi connectivity index (χ3v) is 3.50. The molecule has 0 aliphatic heterocycles. The van der Waals surface area contributed by atoms with E-state index in [9.17, 15) is 9.50 Å². The highest BCUT2D eigenvalue weighted by molar-refractivity contribution is 5.18. The fourth-order valence-electron chi connectivity index (χ4n) is 2.55. The molecule has 0 radical (unpaired) electrons. The molecule has 3 heteroatoms. The lowest BCUT2D eigenvalue weighted by Gasteiger charge is -2.22. The Hall–Kier alpha value is -1.71. The van der Waals surface area contributed by atoms with Gasteiger partial charge in [-0.05, 0) is 43.0 Å². The van der Waals surface area contributed by atoms with E-state index in [1.54, 1.807) is 12.1 Å². The molecule has 2 unspecified atom stereocenters. The number of aliphatic hydroxyl groups excluding tert-OH is 1. The standard InChI is InChI=1S/C18H22FNO/c1-14(10-16-8-5-9-17(19)11-16)20-18(13-21)12-15-6-3-2-4-7-15/h2-9,11,14,18,20-21H,10,12-13H2,1H3. The molecule has 0 heterocycles. The molecule has 0 aromatic heterocycles. The van der Waals surface area contributed by atoms with E-state index in [0.717, 1.165) is 18.4 Å². The Kier molecular flexibility index (Phi) is 5.90. The average Bonchev–Trinajstić information content (AvgIpc) is 2.47. The maximum atomic E-state index is 13.2. The summed E-state index contributed by atoms with van der Waals surface area (Å²) >= 11 is 0. The van der Waals surface area contributed by atoms with Gasteiger partial charge in [0.2, 0.25) is 0 Å². The molecule has 0 aliphatic rings. The molecule has 0 amide bonds. The van der Waals surface area contributed by atoms with E-state index in [1.807, 2.05) is 24.3 Å². The number of benzene rings is 2. The molecule has 0 aliphatic carbocycles. The minimum absolute atomic E-state index is 0.0101. The van der Waals surface area contributed by atoms with Gasteiger partial charge in [-0.1, -0.05) is 42.5 Å². The van der Waals surface area contributed by atoms with Crippen LogP contribution >= 0.6 is 0 Å². The van der Waals surface area contributed by atoms with Gasteiger partial charge in [0, 0.05) is 12.1 Å². The molecule has 0 bridgehead atoms. The zero-order chi connectivity index (χ0) is 15.1. The van der Waals surface area contributed by atoms with E-state index in [0.29, 0.717) is 0 Å². The van der Waals surface area contributed by atoms with Crippen molar-refractivity contribution < 1.29 is 9.50 Å². The maximum Gasteiger partial charge on any atom is 0.123 e. The zero-order valence-electron chi connectivity index (χ0n) is 12.3. The third-order valence-electron chi connectivity index (χ3n) is 3.50. The number of aliphatic hydroxyl groups is 1. The van der Waals surface area contributed by atoms with E-state index in [-0.39, 0.29) is 24.5 Å². The molecule has 2 atom stereocenters. The lowest BCUT2D eigenvalue weighted by molar-refractivity contribution is 0.232. The van der Waals surface area contributed by atoms with Crippen molar-refractivity contribution in [2.75, 3.05) is 6.61 Å². The lowest BCUT2D eigenvalue weighted by Crippen LogP contribution is -2.41. The number of hydrogen-bond donors (Lipinski definition) is 2. The number of halogens is 1. The van der Waals surface area contributed by atoms with Crippen molar-refractivity contribution in [3.8, 4) is 0 Å². The fraction of sp³-hybridized carbons (Fsp3) is 0.333. The normalized spacial score (nSPS) is 13.9. The number of hydrogen-bond acceptors (Lipinski definition) is 2. The fourth-order valence-corrected chi connectivity index (χ4v) is 2.55. The van der Waals surface area contributed by atoms with Crippen LogP contribution in [0.5, 0.6) is 0 Å². The van der Waals surface area contributed by atoms with Gasteiger partial charge in [0.1, 0.15) is 5.82 Å². The summed E-state index contributed by atoms with van der Waals surface area (Å²) in [5.41, 5.74) is 2.16. The second kappa shape index (κ2) is 7.91. The van der Waals surface area contributed by atoms with E-state index < -0.39 is 0 Å². The van der Waals surface area contributed by atoms with E-state index in [2.05, 4.69) is 24.4 Å². The summed E-state index contributed by atoms with van der Waals surface area (Å²) in [4.78, 5) is 0. The van der Waals surface area contributed by atoms with E-state index in [1.165, 1.54) is 11.6 Å². The molecule has 0 spiro atoms. The van der Waals surface area contributed by atoms with Gasteiger partial charge in [-0.15, -0.1) is 0 Å². The Morgan fingerprint density at radius 2 is 1.71 bits per heavy atom. The summed E-state index contributed by atoms with van der Waals surface area (Å²) in [6.45, 7) is 2.14. The summed E-state index contributed by atoms with van der Waals surface area (Å²) in [6, 6.07) is 16.9. The first-order valence-corrected chi connectivity index (χ1v) is 7.32. The monoisotopic (exact) mass is 287 g/mol. The third kappa shape index (κ3) is 5.29. The van der Waals surface area contributed by atoms with Crippen LogP contribution in [0.1, 0.15) is 18.1 Å². The Labute approximate surface area is 125 Å². The highest BCUT2D eigenvalue weighted by Gasteiger charge is 2.12. The Morgan fingerprint density at radius 1 is 1.00 bits per heavy atom. The minimum atomic E-state index is -0.206. The smallest absolute Gasteiger partial charge is 0.123 e. The average molecular weight is 287 g/mol. The molecule has 0 saturated heterocycles. The Balaban J connectivity index is 1.89. The molecule has 0 saturated carbocycles. The van der Waals surface area contributed by atoms with Crippen LogP contribution in [0, 0.1) is 5.82 Å². The summed E-state index contributed by atoms with van der Waals surface area (Å²) in [5.74, 6) is -0.206. The highest BCUT2D eigenvalue weighted by atomic mass is 19.1. The van der Waals surface area contributed by atoms with Crippen LogP contribution < -0.4 is 5.32 Å². The second-order valence-electron chi connectivity index (χ2n) is 5.47. The maximum absolute atomic E-state index is 13.2. The number of rotatable bonds is 7. The molecular weight excluding hydrogens is 265 g/mol. The highest BCUT2D eigenvalue weighted by Crippen LogP contribution is 2.08. The molecule has 2 aromatic carbocycles. The van der Waals surface area contributed by atoms with E-state index in [4.69, 9.17) is 0 Å². The first kappa shape index (κ1) is 15.7. The van der Waals surface area contributed by atoms with Crippen molar-refractivity contribution in [3.05, 3.63) is 71.5 Å². The summed E-state index contributed by atoms with van der Waals surface area (Å²) < 4.78 is 13.2. The molecule has 2 aromatic rings. The van der Waals surface area contributed by atoms with Crippen molar-refractivity contribution in [2.24, 2.45) is 0 Å². The van der Waals surface area contributed by atoms with Gasteiger partial charge in [0.05, 0.1) is 6.61 Å². The largest absolute Gasteiger partial charge is 0.395 e. The first-order chi connectivity index (χ1) is 10.2. The first-order valence-electron chi connectivity index (χ1n) is 7.32. The zero-order valence-corrected chi connectivity index (χ0v) is 12.3. The molecule has 0 fully saturated rings. The SMILES string of the molecule is CC(Cc1cccc(F)c1)NC(CO)Cc1ccccc1. The van der Waals surface area contributed by atoms with Gasteiger partial charge in [-0.2, -0.15) is 0 Å². The Morgan fingerprint density at radius 3 is 2.38 bits per heavy atom. The van der Waals surface area contributed by atoms with Gasteiger partial charge in [0.15, 0.2) is 0 Å². The van der Waals surface area contributed by atoms with Gasteiger partial charge < -0.3 is 10.4 Å². The van der Waals surface area contributed by atoms with Crippen LogP contribution in [0.4, 0.5) is 4.39 Å². The van der Waals surface area contributed by atoms with Crippen molar-refractivity contribution >= 4 is 0 Å². The second-order valence-corrected chi connectivity index (χ2v) is 5.47. The lowest BCUT2D eigenvalue weighted by atomic mass is 10.0. The quantitative estimate of drug-likeness (QED) is 0.820. The molecule has 2 N–H and O–H groups in total. The molecular formula is C18H22FNO. The Bertz CT molecular complexity index is 544. The van der Waals surface area contributed by atoms with Crippen LogP contribution in [-0.4, -0.2) is 23.8 Å². The van der Waals surface area contributed by atoms with Crippen molar-refractivity contribution in [1.82, 2.24) is 5.32 Å². The van der Waals surface area contributed by atoms with Crippen LogP contribution in [0.3, 0.4) is 0 Å². The predicted molar refractivity (Wildman–Crippen MR) is 83.7 cm³/mol. The van der Waals surface area contributed by atoms with Crippen molar-refractivity contribution in [1.29, 1.82) is 0 Å². The predicted octanol–water partition coefficient (Wildman–Crippen LogP) is 2.95. The molecule has 2 nitrogen and oxygen atoms in total. The van der Waals surface area contributed by atoms with Crippen LogP contribution in [0.15, 0.2) is 54.6 Å². The number of nitrogens with one attached hydrogen (secondary N) is 1. The van der Waals surface area contributed by atoms with Crippen LogP contribution in [-0.2, 0) is 12.8 Å². The molecule has 2 rings (SSSR count). The van der Waals surface area contributed by atoms with Crippen LogP contribution in [0.25, 0.3) is 0 Å². The molecule has 112 valence electrons. The van der Waals surface area contributed by atoms with Gasteiger partial charge in [0.25, 0.3) is 0 Å². The topological polar surface area (TPSA) is 32.3 Å². The minimum Gasteiger partial charge on any atom is -0.395 e.